The molecule has 1 saturated heterocycles. The Morgan fingerprint density at radius 3 is 2.26 bits per heavy atom. The molecule has 2 heterocycles. The second kappa shape index (κ2) is 13.6. The van der Waals surface area contributed by atoms with Crippen molar-refractivity contribution in [2.45, 2.75) is 31.2 Å². The minimum atomic E-state index is -0.135. The Hall–Kier alpha value is -3.40. The van der Waals surface area contributed by atoms with Crippen LogP contribution in [0, 0.1) is 0 Å². The summed E-state index contributed by atoms with van der Waals surface area (Å²) in [6.45, 7) is 1.96. The SMILES string of the molecule is CSNc1ccc(-c2nsc(NC(=O)N(CCC(c3ccccc3)c3ccccc3)C3CCOCC3)n2)cc1. The van der Waals surface area contributed by atoms with Gasteiger partial charge < -0.3 is 14.4 Å². The van der Waals surface area contributed by atoms with Crippen molar-refractivity contribution >= 4 is 40.3 Å². The largest absolute Gasteiger partial charge is 0.381 e. The molecule has 7 nitrogen and oxygen atoms in total. The molecule has 2 amide bonds. The van der Waals surface area contributed by atoms with E-state index >= 15 is 0 Å². The van der Waals surface area contributed by atoms with Gasteiger partial charge in [-0.1, -0.05) is 72.6 Å². The molecular weight excluding hydrogens is 526 g/mol. The summed E-state index contributed by atoms with van der Waals surface area (Å²) >= 11 is 2.75. The smallest absolute Gasteiger partial charge is 0.323 e. The van der Waals surface area contributed by atoms with Crippen LogP contribution in [-0.2, 0) is 4.74 Å². The predicted octanol–water partition coefficient (Wildman–Crippen LogP) is 7.13. The van der Waals surface area contributed by atoms with Crippen molar-refractivity contribution in [1.29, 1.82) is 0 Å². The number of anilines is 2. The van der Waals surface area contributed by atoms with Gasteiger partial charge in [0.2, 0.25) is 5.13 Å². The van der Waals surface area contributed by atoms with Crippen LogP contribution in [0.5, 0.6) is 0 Å². The quantitative estimate of drug-likeness (QED) is 0.201. The molecule has 0 spiro atoms. The molecule has 5 rings (SSSR count). The van der Waals surface area contributed by atoms with Crippen molar-refractivity contribution in [2.75, 3.05) is 36.1 Å². The van der Waals surface area contributed by atoms with Gasteiger partial charge in [0, 0.05) is 60.8 Å². The maximum absolute atomic E-state index is 13.7. The molecule has 202 valence electrons. The number of nitrogens with zero attached hydrogens (tertiary/aromatic N) is 3. The van der Waals surface area contributed by atoms with E-state index in [1.54, 1.807) is 11.9 Å². The van der Waals surface area contributed by atoms with Gasteiger partial charge in [-0.3, -0.25) is 5.32 Å². The van der Waals surface area contributed by atoms with Crippen LogP contribution in [0.2, 0.25) is 0 Å². The predicted molar refractivity (Wildman–Crippen MR) is 161 cm³/mol. The molecule has 2 N–H and O–H groups in total. The van der Waals surface area contributed by atoms with Crippen molar-refractivity contribution in [3.8, 4) is 11.4 Å². The summed E-state index contributed by atoms with van der Waals surface area (Å²) in [5.41, 5.74) is 4.44. The zero-order valence-electron chi connectivity index (χ0n) is 22.0. The maximum atomic E-state index is 13.7. The first-order chi connectivity index (χ1) is 19.2. The lowest BCUT2D eigenvalue weighted by Gasteiger charge is -2.35. The van der Waals surface area contributed by atoms with Gasteiger partial charge in [-0.15, -0.1) is 0 Å². The first-order valence-electron chi connectivity index (χ1n) is 13.2. The molecule has 1 aliphatic rings. The Bertz CT molecular complexity index is 1270. The lowest BCUT2D eigenvalue weighted by molar-refractivity contribution is 0.0475. The lowest BCUT2D eigenvalue weighted by atomic mass is 9.88. The number of carbonyl (C=O) groups is 1. The number of hydrogen-bond acceptors (Lipinski definition) is 7. The van der Waals surface area contributed by atoms with Gasteiger partial charge in [-0.25, -0.2) is 4.79 Å². The van der Waals surface area contributed by atoms with Gasteiger partial charge in [0.15, 0.2) is 5.82 Å². The second-order valence-corrected chi connectivity index (χ2v) is 10.8. The van der Waals surface area contributed by atoms with Crippen LogP contribution in [0.1, 0.15) is 36.3 Å². The van der Waals surface area contributed by atoms with Crippen molar-refractivity contribution in [3.05, 3.63) is 96.1 Å². The molecule has 1 fully saturated rings. The first-order valence-corrected chi connectivity index (χ1v) is 15.2. The monoisotopic (exact) mass is 559 g/mol. The number of aromatic nitrogens is 2. The zero-order valence-corrected chi connectivity index (χ0v) is 23.6. The Kier molecular flexibility index (Phi) is 9.47. The van der Waals surface area contributed by atoms with Crippen LogP contribution in [-0.4, -0.2) is 52.3 Å². The molecule has 0 bridgehead atoms. The highest BCUT2D eigenvalue weighted by Crippen LogP contribution is 2.30. The summed E-state index contributed by atoms with van der Waals surface area (Å²) in [7, 11) is 0. The lowest BCUT2D eigenvalue weighted by Crippen LogP contribution is -2.46. The number of hydrogen-bond donors (Lipinski definition) is 2. The molecule has 0 atom stereocenters. The van der Waals surface area contributed by atoms with E-state index in [-0.39, 0.29) is 18.0 Å². The fourth-order valence-corrected chi connectivity index (χ4v) is 5.92. The average Bonchev–Trinajstić information content (AvgIpc) is 3.45. The van der Waals surface area contributed by atoms with E-state index in [1.165, 1.54) is 22.7 Å². The third kappa shape index (κ3) is 7.17. The summed E-state index contributed by atoms with van der Waals surface area (Å²) in [6.07, 6.45) is 4.45. The summed E-state index contributed by atoms with van der Waals surface area (Å²) < 4.78 is 13.3. The fourth-order valence-electron chi connectivity index (χ4n) is 4.97. The van der Waals surface area contributed by atoms with Crippen molar-refractivity contribution in [2.24, 2.45) is 0 Å². The number of rotatable bonds is 10. The Labute approximate surface area is 238 Å². The van der Waals surface area contributed by atoms with Crippen LogP contribution < -0.4 is 10.0 Å². The Morgan fingerprint density at radius 2 is 1.64 bits per heavy atom. The van der Waals surface area contributed by atoms with E-state index < -0.39 is 0 Å². The molecule has 3 aromatic carbocycles. The summed E-state index contributed by atoms with van der Waals surface area (Å²) in [4.78, 5) is 20.3. The van der Waals surface area contributed by atoms with Gasteiger partial charge in [0.25, 0.3) is 0 Å². The fraction of sp³-hybridized carbons (Fsp3) is 0.300. The standard InChI is InChI=1S/C30H33N5O2S2/c1-38-33-25-14-12-24(13-15-25)28-31-29(39-34-28)32-30(36)35(26-17-20-37-21-18-26)19-16-27(22-8-4-2-5-9-22)23-10-6-3-7-11-23/h2-15,26-27,33H,16-21H2,1H3,(H,31,32,34,36). The van der Waals surface area contributed by atoms with Crippen LogP contribution in [0.15, 0.2) is 84.9 Å². The molecule has 0 saturated carbocycles. The van der Waals surface area contributed by atoms with Gasteiger partial charge in [0.05, 0.1) is 0 Å². The number of benzene rings is 3. The maximum Gasteiger partial charge on any atom is 0.323 e. The van der Waals surface area contributed by atoms with Crippen LogP contribution in [0.4, 0.5) is 15.6 Å². The van der Waals surface area contributed by atoms with Crippen LogP contribution in [0.3, 0.4) is 0 Å². The number of ether oxygens (including phenoxy) is 1. The van der Waals surface area contributed by atoms with E-state index in [0.717, 1.165) is 30.5 Å². The van der Waals surface area contributed by atoms with Gasteiger partial charge in [-0.2, -0.15) is 9.36 Å². The van der Waals surface area contributed by atoms with E-state index in [2.05, 4.69) is 67.9 Å². The Morgan fingerprint density at radius 1 is 1.00 bits per heavy atom. The molecule has 0 aliphatic carbocycles. The minimum Gasteiger partial charge on any atom is -0.381 e. The van der Waals surface area contributed by atoms with Crippen LogP contribution >= 0.6 is 23.5 Å². The van der Waals surface area contributed by atoms with Gasteiger partial charge >= 0.3 is 6.03 Å². The van der Waals surface area contributed by atoms with E-state index in [0.29, 0.717) is 30.7 Å². The highest BCUT2D eigenvalue weighted by Gasteiger charge is 2.28. The van der Waals surface area contributed by atoms with Crippen molar-refractivity contribution < 1.29 is 9.53 Å². The highest BCUT2D eigenvalue weighted by atomic mass is 32.2. The molecule has 4 aromatic rings. The summed E-state index contributed by atoms with van der Waals surface area (Å²) in [6, 6.07) is 29.0. The molecule has 0 unspecified atom stereocenters. The zero-order chi connectivity index (χ0) is 26.9. The average molecular weight is 560 g/mol. The third-order valence-electron chi connectivity index (χ3n) is 6.96. The van der Waals surface area contributed by atoms with Gasteiger partial charge in [0.1, 0.15) is 0 Å². The molecule has 1 aliphatic heterocycles. The normalized spacial score (nSPS) is 13.8. The van der Waals surface area contributed by atoms with E-state index in [4.69, 9.17) is 4.74 Å². The molecule has 0 radical (unpaired) electrons. The van der Waals surface area contributed by atoms with E-state index in [1.807, 2.05) is 47.6 Å². The van der Waals surface area contributed by atoms with Crippen LogP contribution in [0.25, 0.3) is 11.4 Å². The minimum absolute atomic E-state index is 0.120. The number of amides is 2. The number of nitrogens with one attached hydrogen (secondary N) is 2. The first kappa shape index (κ1) is 27.2. The summed E-state index contributed by atoms with van der Waals surface area (Å²) in [5, 5.41) is 3.54. The summed E-state index contributed by atoms with van der Waals surface area (Å²) in [5.74, 6) is 0.802. The Balaban J connectivity index is 1.31. The highest BCUT2D eigenvalue weighted by molar-refractivity contribution is 7.99. The van der Waals surface area contributed by atoms with E-state index in [9.17, 15) is 4.79 Å². The molecule has 9 heteroatoms. The molecular formula is C30H33N5O2S2. The molecule has 39 heavy (non-hydrogen) atoms. The molecule has 1 aromatic heterocycles. The second-order valence-electron chi connectivity index (χ2n) is 9.44. The topological polar surface area (TPSA) is 79.4 Å². The van der Waals surface area contributed by atoms with Gasteiger partial charge in [-0.05, 0) is 54.7 Å². The number of carbonyl (C=O) groups excluding carboxylic acids is 1. The van der Waals surface area contributed by atoms with Crippen molar-refractivity contribution in [1.82, 2.24) is 14.3 Å². The van der Waals surface area contributed by atoms with Crippen molar-refractivity contribution in [3.63, 3.8) is 0 Å². The third-order valence-corrected chi connectivity index (χ3v) is 8.03. The number of urea groups is 1.